The summed E-state index contributed by atoms with van der Waals surface area (Å²) in [6.45, 7) is 6.31. The minimum Gasteiger partial charge on any atom is -0.455 e. The van der Waals surface area contributed by atoms with Crippen LogP contribution in [0.25, 0.3) is 0 Å². The molecule has 0 aromatic rings. The average molecular weight is 579 g/mol. The van der Waals surface area contributed by atoms with Crippen molar-refractivity contribution in [3.05, 3.63) is 0 Å². The number of rotatable bonds is 34. The minimum absolute atomic E-state index is 0.0875. The van der Waals surface area contributed by atoms with E-state index in [9.17, 15) is 9.59 Å². The van der Waals surface area contributed by atoms with Crippen LogP contribution in [0.3, 0.4) is 0 Å². The number of Topliss-reactive ketones (excluding diaryl/α,β-unsaturated/α-hetero) is 1. The van der Waals surface area contributed by atoms with Gasteiger partial charge in [0.2, 0.25) is 0 Å². The highest BCUT2D eigenvalue weighted by Gasteiger charge is 2.16. The van der Waals surface area contributed by atoms with E-state index in [2.05, 4.69) is 13.8 Å². The van der Waals surface area contributed by atoms with Crippen LogP contribution in [-0.2, 0) is 14.3 Å². The van der Waals surface area contributed by atoms with E-state index in [-0.39, 0.29) is 11.8 Å². The Kier molecular flexibility index (Phi) is 32.9. The van der Waals surface area contributed by atoms with Crippen molar-refractivity contribution >= 4 is 11.8 Å². The molecule has 1 unspecified atom stereocenters. The molecule has 3 heteroatoms. The summed E-state index contributed by atoms with van der Waals surface area (Å²) in [6.07, 6.45) is 40.1. The van der Waals surface area contributed by atoms with Gasteiger partial charge in [-0.05, 0) is 19.8 Å². The zero-order chi connectivity index (χ0) is 30.1. The lowest BCUT2D eigenvalue weighted by Gasteiger charge is -2.12. The van der Waals surface area contributed by atoms with Crippen LogP contribution in [0.4, 0.5) is 0 Å². The van der Waals surface area contributed by atoms with Crippen molar-refractivity contribution in [3.8, 4) is 0 Å². The SMILES string of the molecule is CCCCCCCCCCCCCCCCCC(=O)OC(C)C(=O)CCCCCCCCCCCCCCCCC. The van der Waals surface area contributed by atoms with Crippen LogP contribution < -0.4 is 0 Å². The van der Waals surface area contributed by atoms with Gasteiger partial charge in [-0.3, -0.25) is 9.59 Å². The lowest BCUT2D eigenvalue weighted by Crippen LogP contribution is -2.24. The molecule has 0 aliphatic carbocycles. The summed E-state index contributed by atoms with van der Waals surface area (Å²) in [5.74, 6) is -0.110. The van der Waals surface area contributed by atoms with E-state index in [1.807, 2.05) is 0 Å². The maximum absolute atomic E-state index is 12.3. The number of esters is 1. The Morgan fingerprint density at radius 2 is 0.634 bits per heavy atom. The fraction of sp³-hybridized carbons (Fsp3) is 0.947. The van der Waals surface area contributed by atoms with Crippen LogP contribution in [0.1, 0.15) is 226 Å². The molecule has 0 heterocycles. The molecule has 0 fully saturated rings. The minimum atomic E-state index is -0.578. The van der Waals surface area contributed by atoms with E-state index in [1.165, 1.54) is 167 Å². The quantitative estimate of drug-likeness (QED) is 0.0563. The fourth-order valence-electron chi connectivity index (χ4n) is 5.84. The number of unbranched alkanes of at least 4 members (excludes halogenated alkanes) is 28. The van der Waals surface area contributed by atoms with Crippen molar-refractivity contribution in [2.24, 2.45) is 0 Å². The molecule has 0 saturated heterocycles. The normalized spacial score (nSPS) is 12.1. The Bertz CT molecular complexity index is 544. The summed E-state index contributed by atoms with van der Waals surface area (Å²) in [6, 6.07) is 0. The first-order chi connectivity index (χ1) is 20.1. The maximum Gasteiger partial charge on any atom is 0.306 e. The maximum atomic E-state index is 12.3. The molecule has 0 aromatic carbocycles. The van der Waals surface area contributed by atoms with Gasteiger partial charge in [0.15, 0.2) is 11.9 Å². The third-order valence-corrected chi connectivity index (χ3v) is 8.77. The standard InChI is InChI=1S/C38H74O3/c1-4-6-8-10-12-14-16-18-20-22-24-26-28-30-32-34-37(39)36(3)41-38(40)35-33-31-29-27-25-23-21-19-17-15-13-11-9-7-5-2/h36H,4-35H2,1-3H3. The molecule has 0 bridgehead atoms. The Balaban J connectivity index is 3.40. The monoisotopic (exact) mass is 579 g/mol. The predicted octanol–water partition coefficient (Wildman–Crippen LogP) is 13.0. The Labute approximate surface area is 258 Å². The van der Waals surface area contributed by atoms with Gasteiger partial charge in [0.05, 0.1) is 0 Å². The smallest absolute Gasteiger partial charge is 0.306 e. The van der Waals surface area contributed by atoms with E-state index in [0.29, 0.717) is 12.8 Å². The molecule has 0 rings (SSSR count). The molecular weight excluding hydrogens is 504 g/mol. The first-order valence-corrected chi connectivity index (χ1v) is 18.8. The van der Waals surface area contributed by atoms with Crippen LogP contribution in [0.2, 0.25) is 0 Å². The van der Waals surface area contributed by atoms with Crippen molar-refractivity contribution in [1.82, 2.24) is 0 Å². The topological polar surface area (TPSA) is 43.4 Å². The predicted molar refractivity (Wildman–Crippen MR) is 180 cm³/mol. The second kappa shape index (κ2) is 33.6. The molecular formula is C38H74O3. The summed E-state index contributed by atoms with van der Waals surface area (Å²) >= 11 is 0. The van der Waals surface area contributed by atoms with Crippen molar-refractivity contribution in [1.29, 1.82) is 0 Å². The molecule has 0 aliphatic heterocycles. The van der Waals surface area contributed by atoms with Gasteiger partial charge in [-0.1, -0.05) is 194 Å². The molecule has 0 saturated carbocycles. The van der Waals surface area contributed by atoms with Gasteiger partial charge in [0.25, 0.3) is 0 Å². The Hall–Kier alpha value is -0.860. The largest absolute Gasteiger partial charge is 0.455 e. The highest BCUT2D eigenvalue weighted by Crippen LogP contribution is 2.16. The average Bonchev–Trinajstić information content (AvgIpc) is 2.96. The number of ether oxygens (including phenoxy) is 1. The molecule has 0 radical (unpaired) electrons. The van der Waals surface area contributed by atoms with E-state index in [1.54, 1.807) is 6.92 Å². The van der Waals surface area contributed by atoms with Crippen LogP contribution in [0.15, 0.2) is 0 Å². The molecule has 0 spiro atoms. The van der Waals surface area contributed by atoms with E-state index in [4.69, 9.17) is 4.74 Å². The summed E-state index contributed by atoms with van der Waals surface area (Å²) < 4.78 is 5.42. The Morgan fingerprint density at radius 1 is 0.390 bits per heavy atom. The third kappa shape index (κ3) is 31.9. The van der Waals surface area contributed by atoms with E-state index < -0.39 is 6.10 Å². The van der Waals surface area contributed by atoms with Gasteiger partial charge in [-0.25, -0.2) is 0 Å². The van der Waals surface area contributed by atoms with Gasteiger partial charge in [0, 0.05) is 12.8 Å². The number of carbonyl (C=O) groups excluding carboxylic acids is 2. The molecule has 0 amide bonds. The van der Waals surface area contributed by atoms with Crippen molar-refractivity contribution in [3.63, 3.8) is 0 Å². The number of ketones is 1. The zero-order valence-electron chi connectivity index (χ0n) is 28.4. The first-order valence-electron chi connectivity index (χ1n) is 18.8. The number of carbonyl (C=O) groups is 2. The first kappa shape index (κ1) is 40.1. The van der Waals surface area contributed by atoms with Gasteiger partial charge in [-0.2, -0.15) is 0 Å². The van der Waals surface area contributed by atoms with Crippen LogP contribution in [-0.4, -0.2) is 17.9 Å². The van der Waals surface area contributed by atoms with Gasteiger partial charge in [0.1, 0.15) is 0 Å². The summed E-state index contributed by atoms with van der Waals surface area (Å²) in [5.41, 5.74) is 0. The van der Waals surface area contributed by atoms with E-state index in [0.717, 1.165) is 25.7 Å². The fourth-order valence-corrected chi connectivity index (χ4v) is 5.84. The molecule has 0 aromatic heterocycles. The highest BCUT2D eigenvalue weighted by atomic mass is 16.5. The zero-order valence-corrected chi connectivity index (χ0v) is 28.4. The summed E-state index contributed by atoms with van der Waals surface area (Å²) in [4.78, 5) is 24.5. The summed E-state index contributed by atoms with van der Waals surface area (Å²) in [7, 11) is 0. The number of hydrogen-bond donors (Lipinski definition) is 0. The molecule has 3 nitrogen and oxygen atoms in total. The highest BCUT2D eigenvalue weighted by molar-refractivity contribution is 5.85. The van der Waals surface area contributed by atoms with Crippen LogP contribution in [0, 0.1) is 0 Å². The van der Waals surface area contributed by atoms with Gasteiger partial charge in [-0.15, -0.1) is 0 Å². The lowest BCUT2D eigenvalue weighted by atomic mass is 10.0. The summed E-state index contributed by atoms with van der Waals surface area (Å²) in [5, 5.41) is 0. The van der Waals surface area contributed by atoms with Crippen LogP contribution >= 0.6 is 0 Å². The van der Waals surface area contributed by atoms with Crippen molar-refractivity contribution in [2.75, 3.05) is 0 Å². The number of hydrogen-bond acceptors (Lipinski definition) is 3. The lowest BCUT2D eigenvalue weighted by molar-refractivity contribution is -0.154. The van der Waals surface area contributed by atoms with Gasteiger partial charge >= 0.3 is 5.97 Å². The van der Waals surface area contributed by atoms with Crippen molar-refractivity contribution in [2.45, 2.75) is 232 Å². The molecule has 1 atom stereocenters. The molecule has 0 aliphatic rings. The molecule has 41 heavy (non-hydrogen) atoms. The Morgan fingerprint density at radius 3 is 0.927 bits per heavy atom. The van der Waals surface area contributed by atoms with Gasteiger partial charge < -0.3 is 4.74 Å². The molecule has 0 N–H and O–H groups in total. The molecule has 244 valence electrons. The second-order valence-corrected chi connectivity index (χ2v) is 13.0. The van der Waals surface area contributed by atoms with E-state index >= 15 is 0 Å². The second-order valence-electron chi connectivity index (χ2n) is 13.0. The van der Waals surface area contributed by atoms with Crippen molar-refractivity contribution < 1.29 is 14.3 Å². The third-order valence-electron chi connectivity index (χ3n) is 8.77. The van der Waals surface area contributed by atoms with Crippen LogP contribution in [0.5, 0.6) is 0 Å².